The second-order valence-electron chi connectivity index (χ2n) is 6.93. The lowest BCUT2D eigenvalue weighted by atomic mass is 10.0. The van der Waals surface area contributed by atoms with Gasteiger partial charge in [-0.25, -0.2) is 4.98 Å². The van der Waals surface area contributed by atoms with Crippen molar-refractivity contribution in [1.82, 2.24) is 19.3 Å². The molecule has 0 aliphatic rings. The molecule has 0 radical (unpaired) electrons. The first-order valence-corrected chi connectivity index (χ1v) is 9.57. The van der Waals surface area contributed by atoms with Crippen LogP contribution in [-0.4, -0.2) is 33.6 Å². The fraction of sp³-hybridized carbons (Fsp3) is 0.217. The molecule has 0 saturated carbocycles. The summed E-state index contributed by atoms with van der Waals surface area (Å²) < 4.78 is 20.8. The molecular formula is C23H24N4O3. The van der Waals surface area contributed by atoms with Crippen LogP contribution in [0.2, 0.25) is 0 Å². The maximum absolute atomic E-state index is 6.13. The first-order chi connectivity index (χ1) is 14.7. The minimum atomic E-state index is 0.424. The van der Waals surface area contributed by atoms with Crippen molar-refractivity contribution in [3.63, 3.8) is 0 Å². The minimum absolute atomic E-state index is 0.424. The average molecular weight is 404 g/mol. The molecule has 0 atom stereocenters. The third kappa shape index (κ3) is 4.30. The Hall–Kier alpha value is -3.74. The number of methoxy groups -OCH3 is 2. The van der Waals surface area contributed by atoms with Crippen molar-refractivity contribution in [3.8, 4) is 28.4 Å². The molecule has 7 heteroatoms. The van der Waals surface area contributed by atoms with Crippen molar-refractivity contribution in [1.29, 1.82) is 0 Å². The van der Waals surface area contributed by atoms with Crippen LogP contribution in [0, 0.1) is 0 Å². The number of hydrogen-bond acceptors (Lipinski definition) is 5. The number of hydrogen-bond donors (Lipinski definition) is 0. The Bertz CT molecular complexity index is 1100. The van der Waals surface area contributed by atoms with Gasteiger partial charge < -0.3 is 18.8 Å². The molecule has 0 spiro atoms. The Morgan fingerprint density at radius 3 is 2.47 bits per heavy atom. The van der Waals surface area contributed by atoms with Crippen LogP contribution < -0.4 is 14.2 Å². The predicted molar refractivity (Wildman–Crippen MR) is 114 cm³/mol. The lowest BCUT2D eigenvalue weighted by Crippen LogP contribution is -2.03. The summed E-state index contributed by atoms with van der Waals surface area (Å²) in [4.78, 5) is 4.14. The van der Waals surface area contributed by atoms with Gasteiger partial charge in [-0.3, -0.25) is 4.68 Å². The van der Waals surface area contributed by atoms with Crippen LogP contribution in [0.3, 0.4) is 0 Å². The minimum Gasteiger partial charge on any atom is -0.497 e. The largest absolute Gasteiger partial charge is 0.497 e. The summed E-state index contributed by atoms with van der Waals surface area (Å²) in [7, 11) is 5.21. The van der Waals surface area contributed by atoms with Crippen molar-refractivity contribution >= 4 is 0 Å². The molecule has 0 N–H and O–H groups in total. The Kier molecular flexibility index (Phi) is 5.70. The summed E-state index contributed by atoms with van der Waals surface area (Å²) in [5.74, 6) is 2.19. The zero-order chi connectivity index (χ0) is 20.9. The molecular weight excluding hydrogens is 380 g/mol. The Morgan fingerprint density at radius 1 is 1.00 bits per heavy atom. The maximum atomic E-state index is 6.13. The van der Waals surface area contributed by atoms with E-state index in [9.17, 15) is 0 Å². The van der Waals surface area contributed by atoms with Crippen LogP contribution in [0.25, 0.3) is 11.1 Å². The van der Waals surface area contributed by atoms with Crippen LogP contribution in [-0.2, 0) is 20.2 Å². The lowest BCUT2D eigenvalue weighted by Gasteiger charge is -2.16. The average Bonchev–Trinajstić information content (AvgIpc) is 3.44. The smallest absolute Gasteiger partial charge is 0.162 e. The standard InChI is InChI=1S/C23H24N4O3/c1-26-13-19(12-25-26)21-11-23(30-15-17-4-6-20(28-2)7-5-17)22(29-3)10-18(21)14-27-9-8-24-16-27/h4-13,16H,14-15H2,1-3H3. The van der Waals surface area contributed by atoms with Gasteiger partial charge in [-0.1, -0.05) is 12.1 Å². The van der Waals surface area contributed by atoms with E-state index in [0.29, 0.717) is 24.7 Å². The molecule has 2 aromatic heterocycles. The normalized spacial score (nSPS) is 10.8. The molecule has 2 heterocycles. The highest BCUT2D eigenvalue weighted by atomic mass is 16.5. The molecule has 0 fully saturated rings. The number of benzene rings is 2. The van der Waals surface area contributed by atoms with Crippen molar-refractivity contribution in [2.75, 3.05) is 14.2 Å². The van der Waals surface area contributed by atoms with E-state index in [1.54, 1.807) is 31.4 Å². The van der Waals surface area contributed by atoms with Gasteiger partial charge in [-0.2, -0.15) is 5.10 Å². The maximum Gasteiger partial charge on any atom is 0.162 e. The Balaban J connectivity index is 1.67. The molecule has 0 bridgehead atoms. The zero-order valence-corrected chi connectivity index (χ0v) is 17.3. The van der Waals surface area contributed by atoms with Gasteiger partial charge in [0.2, 0.25) is 0 Å². The molecule has 0 amide bonds. The molecule has 154 valence electrons. The molecule has 2 aromatic carbocycles. The third-order valence-electron chi connectivity index (χ3n) is 4.87. The highest BCUT2D eigenvalue weighted by molar-refractivity contribution is 5.70. The molecule has 0 saturated heterocycles. The summed E-state index contributed by atoms with van der Waals surface area (Å²) in [6.45, 7) is 1.09. The van der Waals surface area contributed by atoms with Crippen LogP contribution in [0.4, 0.5) is 0 Å². The Morgan fingerprint density at radius 2 is 1.83 bits per heavy atom. The number of aryl methyl sites for hydroxylation is 1. The summed E-state index contributed by atoms with van der Waals surface area (Å²) >= 11 is 0. The molecule has 7 nitrogen and oxygen atoms in total. The fourth-order valence-electron chi connectivity index (χ4n) is 3.29. The topological polar surface area (TPSA) is 63.3 Å². The molecule has 0 aliphatic carbocycles. The second-order valence-corrected chi connectivity index (χ2v) is 6.93. The van der Waals surface area contributed by atoms with Crippen molar-refractivity contribution in [2.45, 2.75) is 13.2 Å². The molecule has 30 heavy (non-hydrogen) atoms. The van der Waals surface area contributed by atoms with E-state index in [2.05, 4.69) is 10.1 Å². The quantitative estimate of drug-likeness (QED) is 0.445. The molecule has 0 unspecified atom stereocenters. The predicted octanol–water partition coefficient (Wildman–Crippen LogP) is 3.93. The van der Waals surface area contributed by atoms with E-state index in [-0.39, 0.29) is 0 Å². The van der Waals surface area contributed by atoms with Gasteiger partial charge in [0.15, 0.2) is 11.5 Å². The summed E-state index contributed by atoms with van der Waals surface area (Å²) in [5.41, 5.74) is 4.20. The zero-order valence-electron chi connectivity index (χ0n) is 17.3. The van der Waals surface area contributed by atoms with Crippen LogP contribution in [0.15, 0.2) is 67.5 Å². The summed E-state index contributed by atoms with van der Waals surface area (Å²) in [6.07, 6.45) is 9.35. The highest BCUT2D eigenvalue weighted by Crippen LogP contribution is 2.36. The SMILES string of the molecule is COc1ccc(COc2cc(-c3cnn(C)c3)c(Cn3ccnc3)cc2OC)cc1. The van der Waals surface area contributed by atoms with E-state index in [1.165, 1.54) is 0 Å². The van der Waals surface area contributed by atoms with Gasteiger partial charge >= 0.3 is 0 Å². The van der Waals surface area contributed by atoms with Gasteiger partial charge in [-0.15, -0.1) is 0 Å². The van der Waals surface area contributed by atoms with Gasteiger partial charge in [0, 0.05) is 37.7 Å². The van der Waals surface area contributed by atoms with Crippen molar-refractivity contribution in [2.24, 2.45) is 7.05 Å². The number of nitrogens with zero attached hydrogens (tertiary/aromatic N) is 4. The van der Waals surface area contributed by atoms with E-state index in [4.69, 9.17) is 14.2 Å². The van der Waals surface area contributed by atoms with E-state index in [1.807, 2.05) is 66.6 Å². The highest BCUT2D eigenvalue weighted by Gasteiger charge is 2.15. The number of imidazole rings is 1. The van der Waals surface area contributed by atoms with E-state index in [0.717, 1.165) is 28.0 Å². The molecule has 4 aromatic rings. The van der Waals surface area contributed by atoms with Gasteiger partial charge in [-0.05, 0) is 41.0 Å². The monoisotopic (exact) mass is 404 g/mol. The summed E-state index contributed by atoms with van der Waals surface area (Å²) in [5, 5.41) is 4.33. The van der Waals surface area contributed by atoms with Crippen molar-refractivity contribution in [3.05, 3.63) is 78.6 Å². The number of aromatic nitrogens is 4. The van der Waals surface area contributed by atoms with Gasteiger partial charge in [0.05, 0.1) is 26.7 Å². The van der Waals surface area contributed by atoms with E-state index >= 15 is 0 Å². The van der Waals surface area contributed by atoms with Gasteiger partial charge in [0.25, 0.3) is 0 Å². The van der Waals surface area contributed by atoms with E-state index < -0.39 is 0 Å². The third-order valence-corrected chi connectivity index (χ3v) is 4.87. The molecule has 4 rings (SSSR count). The van der Waals surface area contributed by atoms with Crippen molar-refractivity contribution < 1.29 is 14.2 Å². The van der Waals surface area contributed by atoms with Crippen LogP contribution >= 0.6 is 0 Å². The van der Waals surface area contributed by atoms with Crippen LogP contribution in [0.1, 0.15) is 11.1 Å². The fourth-order valence-corrected chi connectivity index (χ4v) is 3.29. The first-order valence-electron chi connectivity index (χ1n) is 9.57. The van der Waals surface area contributed by atoms with Crippen LogP contribution in [0.5, 0.6) is 17.2 Å². The number of ether oxygens (including phenoxy) is 3. The first kappa shape index (κ1) is 19.6. The lowest BCUT2D eigenvalue weighted by molar-refractivity contribution is 0.284. The molecule has 0 aliphatic heterocycles. The summed E-state index contributed by atoms with van der Waals surface area (Å²) in [6, 6.07) is 11.9. The second kappa shape index (κ2) is 8.73. The van der Waals surface area contributed by atoms with Gasteiger partial charge in [0.1, 0.15) is 12.4 Å². The number of rotatable bonds is 8. The Labute approximate surface area is 175 Å².